The summed E-state index contributed by atoms with van der Waals surface area (Å²) in [5.41, 5.74) is 2.50. The molecular weight excluding hydrogens is 418 g/mol. The summed E-state index contributed by atoms with van der Waals surface area (Å²) in [6.07, 6.45) is 5.79. The maximum Gasteiger partial charge on any atom is 0.261 e. The molecule has 3 heteroatoms. The molecule has 1 aliphatic carbocycles. The van der Waals surface area contributed by atoms with Gasteiger partial charge in [-0.1, -0.05) is 79.7 Å². The average molecular weight is 462 g/mol. The Kier molecular flexibility index (Phi) is 6.02. The molecule has 34 heavy (non-hydrogen) atoms. The minimum absolute atomic E-state index is 0.145. The van der Waals surface area contributed by atoms with Crippen LogP contribution in [0, 0.1) is 27.6 Å². The standard InChI is InChI=1S/C31H43NO2/c1-21(19-30(7)16-17-31(30,8)20-29(5,6)28(2,3)4)15-18-32-26(33)23-13-9-11-22-12-10-14-24(25(22)23)27(32)34/h9-14,21H,15-20H2,1-8H3. The Morgan fingerprint density at radius 3 is 1.88 bits per heavy atom. The van der Waals surface area contributed by atoms with Crippen LogP contribution in [0.3, 0.4) is 0 Å². The summed E-state index contributed by atoms with van der Waals surface area (Å²) < 4.78 is 0. The molecule has 0 radical (unpaired) electrons. The van der Waals surface area contributed by atoms with Gasteiger partial charge in [-0.25, -0.2) is 0 Å². The van der Waals surface area contributed by atoms with E-state index in [1.807, 2.05) is 36.4 Å². The quantitative estimate of drug-likeness (QED) is 0.390. The summed E-state index contributed by atoms with van der Waals surface area (Å²) >= 11 is 0. The van der Waals surface area contributed by atoms with Crippen LogP contribution in [-0.2, 0) is 0 Å². The second-order valence-electron chi connectivity index (χ2n) is 13.5. The third-order valence-corrected chi connectivity index (χ3v) is 10.0. The van der Waals surface area contributed by atoms with Crippen molar-refractivity contribution < 1.29 is 9.59 Å². The largest absolute Gasteiger partial charge is 0.274 e. The number of rotatable bonds is 7. The van der Waals surface area contributed by atoms with E-state index >= 15 is 0 Å². The Balaban J connectivity index is 1.44. The lowest BCUT2D eigenvalue weighted by atomic mass is 9.44. The van der Waals surface area contributed by atoms with Crippen LogP contribution in [0.4, 0.5) is 0 Å². The Morgan fingerprint density at radius 1 is 0.882 bits per heavy atom. The van der Waals surface area contributed by atoms with Gasteiger partial charge in [0, 0.05) is 23.1 Å². The number of hydrogen-bond donors (Lipinski definition) is 0. The number of carbonyl (C=O) groups is 2. The summed E-state index contributed by atoms with van der Waals surface area (Å²) in [5.74, 6) is 0.164. The fourth-order valence-corrected chi connectivity index (χ4v) is 6.37. The Bertz CT molecular complexity index is 1070. The molecule has 2 aliphatic rings. The van der Waals surface area contributed by atoms with E-state index < -0.39 is 0 Å². The van der Waals surface area contributed by atoms with Crippen molar-refractivity contribution in [2.75, 3.05) is 6.54 Å². The van der Waals surface area contributed by atoms with Crippen molar-refractivity contribution in [1.29, 1.82) is 0 Å². The molecule has 184 valence electrons. The molecule has 2 aromatic carbocycles. The lowest BCUT2D eigenvalue weighted by molar-refractivity contribution is -0.112. The molecule has 3 nitrogen and oxygen atoms in total. The molecule has 1 heterocycles. The molecule has 0 bridgehead atoms. The summed E-state index contributed by atoms with van der Waals surface area (Å²) in [4.78, 5) is 28.0. The van der Waals surface area contributed by atoms with E-state index in [0.29, 0.717) is 34.4 Å². The van der Waals surface area contributed by atoms with Crippen molar-refractivity contribution in [3.05, 3.63) is 47.5 Å². The predicted molar refractivity (Wildman–Crippen MR) is 141 cm³/mol. The van der Waals surface area contributed by atoms with Gasteiger partial charge in [0.2, 0.25) is 0 Å². The summed E-state index contributed by atoms with van der Waals surface area (Å²) in [6.45, 7) is 19.7. The molecule has 1 aliphatic heterocycles. The van der Waals surface area contributed by atoms with Crippen LogP contribution in [0.5, 0.6) is 0 Å². The Morgan fingerprint density at radius 2 is 1.41 bits per heavy atom. The lowest BCUT2D eigenvalue weighted by Crippen LogP contribution is -2.52. The van der Waals surface area contributed by atoms with Crippen LogP contribution in [0.1, 0.15) is 108 Å². The van der Waals surface area contributed by atoms with Gasteiger partial charge in [0.25, 0.3) is 11.8 Å². The molecule has 4 rings (SSSR count). The first kappa shape index (κ1) is 24.9. The average Bonchev–Trinajstić information content (AvgIpc) is 2.75. The van der Waals surface area contributed by atoms with Crippen molar-refractivity contribution in [1.82, 2.24) is 4.90 Å². The summed E-state index contributed by atoms with van der Waals surface area (Å²) in [5, 5.41) is 1.77. The van der Waals surface area contributed by atoms with E-state index in [1.165, 1.54) is 24.2 Å². The maximum atomic E-state index is 13.2. The van der Waals surface area contributed by atoms with E-state index in [-0.39, 0.29) is 22.6 Å². The fourth-order valence-electron chi connectivity index (χ4n) is 6.37. The number of hydrogen-bond acceptors (Lipinski definition) is 2. The van der Waals surface area contributed by atoms with Crippen molar-refractivity contribution in [3.8, 4) is 0 Å². The van der Waals surface area contributed by atoms with E-state index in [2.05, 4.69) is 55.4 Å². The number of amides is 2. The second-order valence-corrected chi connectivity index (χ2v) is 13.5. The predicted octanol–water partition coefficient (Wildman–Crippen LogP) is 8.12. The highest BCUT2D eigenvalue weighted by Gasteiger charge is 2.55. The number of nitrogens with zero attached hydrogens (tertiary/aromatic N) is 1. The van der Waals surface area contributed by atoms with Crippen LogP contribution in [-0.4, -0.2) is 23.3 Å². The number of carbonyl (C=O) groups excluding carboxylic acids is 2. The van der Waals surface area contributed by atoms with E-state index in [4.69, 9.17) is 0 Å². The summed E-state index contributed by atoms with van der Waals surface area (Å²) in [6, 6.07) is 11.5. The van der Waals surface area contributed by atoms with Gasteiger partial charge < -0.3 is 0 Å². The fraction of sp³-hybridized carbons (Fsp3) is 0.613. The van der Waals surface area contributed by atoms with Gasteiger partial charge in [-0.2, -0.15) is 0 Å². The summed E-state index contributed by atoms with van der Waals surface area (Å²) in [7, 11) is 0. The van der Waals surface area contributed by atoms with Gasteiger partial charge in [0.05, 0.1) is 0 Å². The zero-order chi connectivity index (χ0) is 25.1. The van der Waals surface area contributed by atoms with Gasteiger partial charge in [-0.05, 0) is 77.2 Å². The highest BCUT2D eigenvalue weighted by molar-refractivity contribution is 6.25. The molecular formula is C31H43NO2. The third kappa shape index (κ3) is 3.99. The molecule has 0 aromatic heterocycles. The van der Waals surface area contributed by atoms with Gasteiger partial charge in [0.1, 0.15) is 0 Å². The van der Waals surface area contributed by atoms with Crippen LogP contribution in [0.2, 0.25) is 0 Å². The topological polar surface area (TPSA) is 37.4 Å². The number of benzene rings is 2. The van der Waals surface area contributed by atoms with Gasteiger partial charge in [-0.15, -0.1) is 0 Å². The SMILES string of the molecule is CC(CCN1C(=O)c2cccc3cccc(c23)C1=O)CC1(C)CCC1(C)CC(C)(C)C(C)(C)C. The Hall–Kier alpha value is -2.16. The van der Waals surface area contributed by atoms with Crippen LogP contribution in [0.15, 0.2) is 36.4 Å². The van der Waals surface area contributed by atoms with Gasteiger partial charge in [0.15, 0.2) is 0 Å². The second kappa shape index (κ2) is 8.21. The van der Waals surface area contributed by atoms with Crippen molar-refractivity contribution in [2.24, 2.45) is 27.6 Å². The molecule has 2 amide bonds. The molecule has 3 unspecified atom stereocenters. The first-order valence-corrected chi connectivity index (χ1v) is 13.1. The van der Waals surface area contributed by atoms with E-state index in [9.17, 15) is 9.59 Å². The van der Waals surface area contributed by atoms with Crippen LogP contribution in [0.25, 0.3) is 10.8 Å². The smallest absolute Gasteiger partial charge is 0.261 e. The van der Waals surface area contributed by atoms with Crippen LogP contribution >= 0.6 is 0 Å². The number of imide groups is 1. The molecule has 2 aromatic rings. The minimum Gasteiger partial charge on any atom is -0.274 e. The van der Waals surface area contributed by atoms with Gasteiger partial charge >= 0.3 is 0 Å². The maximum absolute atomic E-state index is 13.2. The Labute approximate surface area is 206 Å². The zero-order valence-electron chi connectivity index (χ0n) is 22.5. The van der Waals surface area contributed by atoms with E-state index in [0.717, 1.165) is 23.6 Å². The lowest BCUT2D eigenvalue weighted by Gasteiger charge is -2.61. The van der Waals surface area contributed by atoms with Crippen molar-refractivity contribution >= 4 is 22.6 Å². The van der Waals surface area contributed by atoms with E-state index in [1.54, 1.807) is 0 Å². The molecule has 0 spiro atoms. The normalized spacial score (nSPS) is 26.1. The highest BCUT2D eigenvalue weighted by Crippen LogP contribution is 2.65. The van der Waals surface area contributed by atoms with Crippen molar-refractivity contribution in [3.63, 3.8) is 0 Å². The molecule has 3 atom stereocenters. The molecule has 0 N–H and O–H groups in total. The first-order valence-electron chi connectivity index (χ1n) is 13.1. The molecule has 0 saturated heterocycles. The first-order chi connectivity index (χ1) is 15.7. The third-order valence-electron chi connectivity index (χ3n) is 10.0. The minimum atomic E-state index is -0.145. The highest BCUT2D eigenvalue weighted by atomic mass is 16.2. The van der Waals surface area contributed by atoms with Crippen molar-refractivity contribution in [2.45, 2.75) is 87.5 Å². The van der Waals surface area contributed by atoms with Gasteiger partial charge in [-0.3, -0.25) is 14.5 Å². The molecule has 1 saturated carbocycles. The zero-order valence-corrected chi connectivity index (χ0v) is 22.5. The molecule has 1 fully saturated rings. The monoisotopic (exact) mass is 461 g/mol. The van der Waals surface area contributed by atoms with Crippen LogP contribution < -0.4 is 0 Å².